The number of hydrogen-bond acceptors (Lipinski definition) is 5. The quantitative estimate of drug-likeness (QED) is 0.652. The SMILES string of the molecule is CCOC(=O)CCN(C(=O)COc1ccccc1OC)C(C)C. The molecule has 0 heterocycles. The summed E-state index contributed by atoms with van der Waals surface area (Å²) in [6.45, 7) is 6.08. The summed E-state index contributed by atoms with van der Waals surface area (Å²) in [5.41, 5.74) is 0. The molecular formula is C17H25NO5. The van der Waals surface area contributed by atoms with Gasteiger partial charge in [0.15, 0.2) is 18.1 Å². The van der Waals surface area contributed by atoms with Crippen LogP contribution in [0.15, 0.2) is 24.3 Å². The lowest BCUT2D eigenvalue weighted by atomic mass is 10.2. The van der Waals surface area contributed by atoms with E-state index in [0.717, 1.165) is 0 Å². The van der Waals surface area contributed by atoms with Crippen molar-refractivity contribution in [3.05, 3.63) is 24.3 Å². The van der Waals surface area contributed by atoms with E-state index in [2.05, 4.69) is 0 Å². The maximum Gasteiger partial charge on any atom is 0.307 e. The lowest BCUT2D eigenvalue weighted by Crippen LogP contribution is -2.41. The van der Waals surface area contributed by atoms with Gasteiger partial charge in [-0.15, -0.1) is 0 Å². The van der Waals surface area contributed by atoms with E-state index in [4.69, 9.17) is 14.2 Å². The summed E-state index contributed by atoms with van der Waals surface area (Å²) in [4.78, 5) is 25.4. The molecule has 0 saturated carbocycles. The molecule has 1 rings (SSSR count). The first-order valence-electron chi connectivity index (χ1n) is 7.70. The molecular weight excluding hydrogens is 298 g/mol. The number of amides is 1. The monoisotopic (exact) mass is 323 g/mol. The van der Waals surface area contributed by atoms with Crippen molar-refractivity contribution in [1.29, 1.82) is 0 Å². The Labute approximate surface area is 137 Å². The number of carbonyl (C=O) groups is 2. The number of esters is 1. The number of rotatable bonds is 9. The number of benzene rings is 1. The fourth-order valence-corrected chi connectivity index (χ4v) is 2.08. The van der Waals surface area contributed by atoms with Crippen LogP contribution in [0.1, 0.15) is 27.2 Å². The average molecular weight is 323 g/mol. The zero-order valence-electron chi connectivity index (χ0n) is 14.2. The molecule has 0 spiro atoms. The Morgan fingerprint density at radius 3 is 2.39 bits per heavy atom. The Hall–Kier alpha value is -2.24. The molecule has 0 bridgehead atoms. The molecule has 1 amide bonds. The van der Waals surface area contributed by atoms with Gasteiger partial charge in [-0.05, 0) is 32.9 Å². The largest absolute Gasteiger partial charge is 0.493 e. The zero-order chi connectivity index (χ0) is 17.2. The first kappa shape index (κ1) is 18.8. The molecule has 128 valence electrons. The van der Waals surface area contributed by atoms with Gasteiger partial charge < -0.3 is 19.1 Å². The predicted octanol–water partition coefficient (Wildman–Crippen LogP) is 2.26. The van der Waals surface area contributed by atoms with Gasteiger partial charge in [0.25, 0.3) is 5.91 Å². The number of methoxy groups -OCH3 is 1. The van der Waals surface area contributed by atoms with Crippen LogP contribution in [0, 0.1) is 0 Å². The van der Waals surface area contributed by atoms with Gasteiger partial charge >= 0.3 is 5.97 Å². The molecule has 0 aliphatic rings. The van der Waals surface area contributed by atoms with Crippen molar-refractivity contribution >= 4 is 11.9 Å². The maximum atomic E-state index is 12.3. The van der Waals surface area contributed by atoms with Crippen molar-refractivity contribution in [2.45, 2.75) is 33.2 Å². The second-order valence-electron chi connectivity index (χ2n) is 5.18. The van der Waals surface area contributed by atoms with Crippen molar-refractivity contribution < 1.29 is 23.8 Å². The molecule has 0 N–H and O–H groups in total. The van der Waals surface area contributed by atoms with E-state index in [1.54, 1.807) is 31.1 Å². The summed E-state index contributed by atoms with van der Waals surface area (Å²) in [7, 11) is 1.55. The van der Waals surface area contributed by atoms with Crippen molar-refractivity contribution in [2.24, 2.45) is 0 Å². The molecule has 0 unspecified atom stereocenters. The molecule has 1 aromatic carbocycles. The standard InChI is InChI=1S/C17H25NO5/c1-5-22-17(20)10-11-18(13(2)3)16(19)12-23-15-9-7-6-8-14(15)21-4/h6-9,13H,5,10-12H2,1-4H3. The predicted molar refractivity (Wildman–Crippen MR) is 86.6 cm³/mol. The summed E-state index contributed by atoms with van der Waals surface area (Å²) in [6, 6.07) is 7.11. The van der Waals surface area contributed by atoms with Crippen LogP contribution in [0.4, 0.5) is 0 Å². The molecule has 6 nitrogen and oxygen atoms in total. The zero-order valence-corrected chi connectivity index (χ0v) is 14.2. The molecule has 0 atom stereocenters. The van der Waals surface area contributed by atoms with Gasteiger partial charge in [-0.25, -0.2) is 0 Å². The molecule has 0 aliphatic carbocycles. The van der Waals surface area contributed by atoms with Crippen molar-refractivity contribution in [1.82, 2.24) is 4.90 Å². The third-order valence-corrected chi connectivity index (χ3v) is 3.23. The van der Waals surface area contributed by atoms with E-state index in [0.29, 0.717) is 24.7 Å². The van der Waals surface area contributed by atoms with Crippen molar-refractivity contribution in [3.63, 3.8) is 0 Å². The molecule has 0 radical (unpaired) electrons. The number of hydrogen-bond donors (Lipinski definition) is 0. The van der Waals surface area contributed by atoms with Crippen LogP contribution in [-0.2, 0) is 14.3 Å². The molecule has 0 aliphatic heterocycles. The first-order chi connectivity index (χ1) is 11.0. The molecule has 6 heteroatoms. The van der Waals surface area contributed by atoms with Crippen LogP contribution >= 0.6 is 0 Å². The topological polar surface area (TPSA) is 65.1 Å². The summed E-state index contributed by atoms with van der Waals surface area (Å²) in [5.74, 6) is 0.590. The van der Waals surface area contributed by atoms with E-state index in [-0.39, 0.29) is 30.9 Å². The van der Waals surface area contributed by atoms with Crippen molar-refractivity contribution in [2.75, 3.05) is 26.9 Å². The van der Waals surface area contributed by atoms with E-state index in [1.807, 2.05) is 26.0 Å². The first-order valence-corrected chi connectivity index (χ1v) is 7.70. The lowest BCUT2D eigenvalue weighted by molar-refractivity contribution is -0.144. The van der Waals surface area contributed by atoms with Gasteiger partial charge in [-0.2, -0.15) is 0 Å². The van der Waals surface area contributed by atoms with Crippen LogP contribution in [0.5, 0.6) is 11.5 Å². The lowest BCUT2D eigenvalue weighted by Gasteiger charge is -2.26. The Morgan fingerprint density at radius 2 is 1.83 bits per heavy atom. The Bertz CT molecular complexity index is 515. The summed E-state index contributed by atoms with van der Waals surface area (Å²) in [5, 5.41) is 0. The average Bonchev–Trinajstić information content (AvgIpc) is 2.53. The minimum absolute atomic E-state index is 0.0294. The molecule has 1 aromatic rings. The van der Waals surface area contributed by atoms with Crippen LogP contribution in [0.3, 0.4) is 0 Å². The minimum atomic E-state index is -0.309. The highest BCUT2D eigenvalue weighted by molar-refractivity contribution is 5.79. The van der Waals surface area contributed by atoms with Crippen LogP contribution < -0.4 is 9.47 Å². The fraction of sp³-hybridized carbons (Fsp3) is 0.529. The van der Waals surface area contributed by atoms with Gasteiger partial charge in [-0.3, -0.25) is 9.59 Å². The summed E-state index contributed by atoms with van der Waals surface area (Å²) < 4.78 is 15.6. The third-order valence-electron chi connectivity index (χ3n) is 3.23. The maximum absolute atomic E-state index is 12.3. The summed E-state index contributed by atoms with van der Waals surface area (Å²) in [6.07, 6.45) is 0.173. The minimum Gasteiger partial charge on any atom is -0.493 e. The van der Waals surface area contributed by atoms with Crippen LogP contribution in [0.2, 0.25) is 0 Å². The van der Waals surface area contributed by atoms with E-state index in [9.17, 15) is 9.59 Å². The van der Waals surface area contributed by atoms with Crippen LogP contribution in [-0.4, -0.2) is 49.7 Å². The van der Waals surface area contributed by atoms with E-state index in [1.165, 1.54) is 0 Å². The van der Waals surface area contributed by atoms with E-state index >= 15 is 0 Å². The van der Waals surface area contributed by atoms with Crippen LogP contribution in [0.25, 0.3) is 0 Å². The Balaban J connectivity index is 2.59. The normalized spacial score (nSPS) is 10.3. The molecule has 23 heavy (non-hydrogen) atoms. The number of para-hydroxylation sites is 2. The Kier molecular flexibility index (Phi) is 7.94. The van der Waals surface area contributed by atoms with Gasteiger partial charge in [0.2, 0.25) is 0 Å². The third kappa shape index (κ3) is 6.18. The molecule has 0 fully saturated rings. The highest BCUT2D eigenvalue weighted by Gasteiger charge is 2.19. The van der Waals surface area contributed by atoms with E-state index < -0.39 is 0 Å². The van der Waals surface area contributed by atoms with Gasteiger partial charge in [0.1, 0.15) is 0 Å². The molecule has 0 aromatic heterocycles. The number of ether oxygens (including phenoxy) is 3. The summed E-state index contributed by atoms with van der Waals surface area (Å²) >= 11 is 0. The Morgan fingerprint density at radius 1 is 1.17 bits per heavy atom. The number of carbonyl (C=O) groups excluding carboxylic acids is 2. The van der Waals surface area contributed by atoms with Gasteiger partial charge in [0, 0.05) is 12.6 Å². The second-order valence-corrected chi connectivity index (χ2v) is 5.18. The van der Waals surface area contributed by atoms with Gasteiger partial charge in [-0.1, -0.05) is 12.1 Å². The second kappa shape index (κ2) is 9.71. The van der Waals surface area contributed by atoms with Gasteiger partial charge in [0.05, 0.1) is 20.1 Å². The highest BCUT2D eigenvalue weighted by atomic mass is 16.5. The highest BCUT2D eigenvalue weighted by Crippen LogP contribution is 2.25. The molecule has 0 saturated heterocycles. The van der Waals surface area contributed by atoms with Crippen molar-refractivity contribution in [3.8, 4) is 11.5 Å². The number of nitrogens with zero attached hydrogens (tertiary/aromatic N) is 1. The smallest absolute Gasteiger partial charge is 0.307 e. The fourth-order valence-electron chi connectivity index (χ4n) is 2.08.